The van der Waals surface area contributed by atoms with Crippen molar-refractivity contribution in [1.82, 2.24) is 31.6 Å². The van der Waals surface area contributed by atoms with Crippen LogP contribution in [0.2, 0.25) is 0 Å². The highest BCUT2D eigenvalue weighted by Crippen LogP contribution is 2.20. The number of carbonyl (C=O) groups is 7. The Kier molecular flexibility index (Phi) is 15.7. The number of nitrogens with two attached hydrogens (primary N) is 2. The van der Waals surface area contributed by atoms with E-state index in [4.69, 9.17) is 16.6 Å². The Morgan fingerprint density at radius 3 is 2.02 bits per heavy atom. The number of carbonyl (C=O) groups excluding carboxylic acids is 5. The molecule has 0 aliphatic heterocycles. The molecule has 54 heavy (non-hydrogen) atoms. The minimum atomic E-state index is -1.66. The zero-order valence-corrected chi connectivity index (χ0v) is 30.5. The van der Waals surface area contributed by atoms with Gasteiger partial charge in [-0.3, -0.25) is 28.8 Å². The van der Waals surface area contributed by atoms with Gasteiger partial charge in [0, 0.05) is 29.9 Å². The number of fused-ring (bicyclic) bond motifs is 1. The fraction of sp³-hybridized carbons (Fsp3) is 0.432. The molecule has 1 heterocycles. The lowest BCUT2D eigenvalue weighted by molar-refractivity contribution is -0.142. The molecular formula is C37H50N8O9. The number of carboxylic acid groups (broad SMARTS) is 2. The average molecular weight is 751 g/mol. The summed E-state index contributed by atoms with van der Waals surface area (Å²) >= 11 is 0. The molecule has 5 atom stereocenters. The van der Waals surface area contributed by atoms with Gasteiger partial charge in [0.2, 0.25) is 29.5 Å². The maximum Gasteiger partial charge on any atom is 0.326 e. The van der Waals surface area contributed by atoms with E-state index in [2.05, 4.69) is 31.6 Å². The Morgan fingerprint density at radius 1 is 0.759 bits per heavy atom. The van der Waals surface area contributed by atoms with E-state index in [1.54, 1.807) is 42.6 Å². The summed E-state index contributed by atoms with van der Waals surface area (Å²) in [6, 6.07) is 9.65. The van der Waals surface area contributed by atoms with E-state index in [-0.39, 0.29) is 19.3 Å². The van der Waals surface area contributed by atoms with Crippen molar-refractivity contribution in [3.8, 4) is 0 Å². The Balaban J connectivity index is 1.73. The van der Waals surface area contributed by atoms with E-state index >= 15 is 0 Å². The second-order valence-electron chi connectivity index (χ2n) is 13.6. The SMILES string of the molecule is C[C@H](NC(=O)C(C)(C)NC(=O)[C@H](Cc1c[nH]c2ccccc12)NC(=O)[C@@H](N)CC(=O)O)C(=O)N[C@@H](Cc1ccccc1)C(=O)N[C@@H](CCCCN)C(=O)O. The summed E-state index contributed by atoms with van der Waals surface area (Å²) in [4.78, 5) is 92.9. The summed E-state index contributed by atoms with van der Waals surface area (Å²) in [5.74, 6) is -6.48. The molecule has 1 aromatic heterocycles. The van der Waals surface area contributed by atoms with Crippen LogP contribution in [-0.2, 0) is 46.4 Å². The largest absolute Gasteiger partial charge is 0.481 e. The van der Waals surface area contributed by atoms with Crippen molar-refractivity contribution in [2.75, 3.05) is 6.54 Å². The molecule has 3 aromatic rings. The topological polar surface area (TPSA) is 288 Å². The minimum Gasteiger partial charge on any atom is -0.481 e. The smallest absolute Gasteiger partial charge is 0.326 e. The number of unbranched alkanes of at least 4 members (excludes halogenated alkanes) is 1. The molecule has 5 amide bonds. The molecular weight excluding hydrogens is 700 g/mol. The third-order valence-corrected chi connectivity index (χ3v) is 8.68. The highest BCUT2D eigenvalue weighted by atomic mass is 16.4. The minimum absolute atomic E-state index is 0.0232. The number of hydrogen-bond acceptors (Lipinski definition) is 9. The molecule has 0 aliphatic rings. The monoisotopic (exact) mass is 750 g/mol. The third kappa shape index (κ3) is 12.7. The lowest BCUT2D eigenvalue weighted by Crippen LogP contribution is -2.62. The highest BCUT2D eigenvalue weighted by Gasteiger charge is 2.36. The third-order valence-electron chi connectivity index (χ3n) is 8.68. The van der Waals surface area contributed by atoms with Crippen LogP contribution in [-0.4, -0.2) is 99.0 Å². The van der Waals surface area contributed by atoms with Crippen LogP contribution < -0.4 is 38.1 Å². The second kappa shape index (κ2) is 19.9. The summed E-state index contributed by atoms with van der Waals surface area (Å²) in [5.41, 5.74) is 11.7. The van der Waals surface area contributed by atoms with Crippen molar-refractivity contribution in [2.24, 2.45) is 11.5 Å². The van der Waals surface area contributed by atoms with Gasteiger partial charge in [0.25, 0.3) is 0 Å². The van der Waals surface area contributed by atoms with Gasteiger partial charge in [-0.05, 0) is 63.8 Å². The van der Waals surface area contributed by atoms with E-state index in [9.17, 15) is 38.7 Å². The lowest BCUT2D eigenvalue weighted by atomic mass is 9.99. The number of aliphatic carboxylic acids is 2. The van der Waals surface area contributed by atoms with Crippen molar-refractivity contribution in [3.63, 3.8) is 0 Å². The molecule has 17 heteroatoms. The van der Waals surface area contributed by atoms with Crippen molar-refractivity contribution < 1.29 is 43.8 Å². The van der Waals surface area contributed by atoms with E-state index < -0.39 is 83.6 Å². The first kappa shape index (κ1) is 42.6. The number of aromatic nitrogens is 1. The molecule has 0 bridgehead atoms. The molecule has 17 nitrogen and oxygen atoms in total. The maximum absolute atomic E-state index is 13.7. The molecule has 0 radical (unpaired) electrons. The van der Waals surface area contributed by atoms with Crippen LogP contribution in [0.25, 0.3) is 10.9 Å². The van der Waals surface area contributed by atoms with Crippen LogP contribution in [0, 0.1) is 0 Å². The van der Waals surface area contributed by atoms with Crippen LogP contribution in [0.3, 0.4) is 0 Å². The van der Waals surface area contributed by atoms with Crippen LogP contribution in [0.15, 0.2) is 60.8 Å². The van der Waals surface area contributed by atoms with Crippen molar-refractivity contribution in [3.05, 3.63) is 71.9 Å². The number of nitrogens with one attached hydrogen (secondary N) is 6. The van der Waals surface area contributed by atoms with E-state index in [0.717, 1.165) is 10.9 Å². The molecule has 12 N–H and O–H groups in total. The molecule has 2 aromatic carbocycles. The number of hydrogen-bond donors (Lipinski definition) is 10. The number of benzene rings is 2. The first-order valence-corrected chi connectivity index (χ1v) is 17.6. The molecule has 292 valence electrons. The first-order valence-electron chi connectivity index (χ1n) is 17.6. The van der Waals surface area contributed by atoms with Gasteiger partial charge in [0.05, 0.1) is 12.5 Å². The number of rotatable bonds is 21. The van der Waals surface area contributed by atoms with Gasteiger partial charge in [-0.25, -0.2) is 4.79 Å². The quantitative estimate of drug-likeness (QED) is 0.0638. The standard InChI is InChI=1S/C37H50N8O9/c1-21(31(48)43-28(17-22-11-5-4-6-12-22)33(50)42-27(35(52)53)15-9-10-16-38)41-36(54)37(2,3)45-34(51)29(44-32(49)25(39)19-30(46)47)18-23-20-40-26-14-8-7-13-24(23)26/h4-8,11-14,20-21,25,27-29,40H,9-10,15-19,38-39H2,1-3H3,(H,41,54)(H,42,50)(H,43,48)(H,44,49)(H,45,51)(H,46,47)(H,52,53)/t21-,25-,27-,28-,29-/m0/s1. The number of aromatic amines is 1. The van der Waals surface area contributed by atoms with E-state index in [0.29, 0.717) is 30.5 Å². The summed E-state index contributed by atoms with van der Waals surface area (Å²) < 4.78 is 0. The highest BCUT2D eigenvalue weighted by molar-refractivity contribution is 5.98. The zero-order chi connectivity index (χ0) is 40.0. The van der Waals surface area contributed by atoms with Gasteiger partial charge in [-0.15, -0.1) is 0 Å². The fourth-order valence-corrected chi connectivity index (χ4v) is 5.56. The van der Waals surface area contributed by atoms with Crippen LogP contribution in [0.5, 0.6) is 0 Å². The van der Waals surface area contributed by atoms with Gasteiger partial charge in [0.1, 0.15) is 29.7 Å². The summed E-state index contributed by atoms with van der Waals surface area (Å²) in [7, 11) is 0. The van der Waals surface area contributed by atoms with Crippen LogP contribution in [0.4, 0.5) is 0 Å². The predicted molar refractivity (Wildman–Crippen MR) is 199 cm³/mol. The normalized spacial score (nSPS) is 14.1. The molecule has 0 saturated heterocycles. The lowest BCUT2D eigenvalue weighted by Gasteiger charge is -2.30. The molecule has 0 aliphatic carbocycles. The van der Waals surface area contributed by atoms with Gasteiger partial charge < -0.3 is 53.2 Å². The summed E-state index contributed by atoms with van der Waals surface area (Å²) in [6.07, 6.45) is 2.14. The fourth-order valence-electron chi connectivity index (χ4n) is 5.56. The first-order chi connectivity index (χ1) is 25.5. The number of H-pyrrole nitrogens is 1. The molecule has 0 fully saturated rings. The molecule has 0 saturated carbocycles. The van der Waals surface area contributed by atoms with Crippen LogP contribution >= 0.6 is 0 Å². The Bertz CT molecular complexity index is 1800. The predicted octanol–water partition coefficient (Wildman–Crippen LogP) is -0.177. The van der Waals surface area contributed by atoms with Gasteiger partial charge in [-0.2, -0.15) is 0 Å². The van der Waals surface area contributed by atoms with Crippen molar-refractivity contribution in [2.45, 2.75) is 95.0 Å². The molecule has 0 unspecified atom stereocenters. The van der Waals surface area contributed by atoms with E-state index in [1.807, 2.05) is 18.2 Å². The van der Waals surface area contributed by atoms with Crippen LogP contribution in [0.1, 0.15) is 57.6 Å². The number of para-hydroxylation sites is 1. The maximum atomic E-state index is 13.7. The van der Waals surface area contributed by atoms with Crippen molar-refractivity contribution in [1.29, 1.82) is 0 Å². The zero-order valence-electron chi connectivity index (χ0n) is 30.5. The average Bonchev–Trinajstić information content (AvgIpc) is 3.52. The summed E-state index contributed by atoms with van der Waals surface area (Å²) in [6.45, 7) is 4.50. The number of carboxylic acids is 2. The molecule has 0 spiro atoms. The van der Waals surface area contributed by atoms with Gasteiger partial charge in [-0.1, -0.05) is 48.5 Å². The Hall–Kier alpha value is -5.81. The van der Waals surface area contributed by atoms with Gasteiger partial charge >= 0.3 is 11.9 Å². The van der Waals surface area contributed by atoms with Gasteiger partial charge in [0.15, 0.2) is 0 Å². The van der Waals surface area contributed by atoms with E-state index in [1.165, 1.54) is 20.8 Å². The Labute approximate surface area is 312 Å². The Morgan fingerprint density at radius 2 is 1.37 bits per heavy atom. The summed E-state index contributed by atoms with van der Waals surface area (Å²) in [5, 5.41) is 32.3. The molecule has 3 rings (SSSR count). The van der Waals surface area contributed by atoms with Crippen molar-refractivity contribution >= 4 is 52.4 Å². The number of amides is 5. The second-order valence-corrected chi connectivity index (χ2v) is 13.6.